The molecular weight excluding hydrogens is 453 g/mol. The van der Waals surface area contributed by atoms with Crippen LogP contribution in [0.5, 0.6) is 11.5 Å². The standard InChI is InChI=1S/C27H24FNO6/c1-3-32-26(30)19-12-13-29-20(16-19)6-9-22-23(28)10-11-24(25(22)27-33-14-15-34-27)35-17-18-4-7-21(31-2)8-5-18/h4-5,7-8,10-13,16,27H,3,14-15,17H2,1-2H3. The second-order valence-corrected chi connectivity index (χ2v) is 7.44. The highest BCUT2D eigenvalue weighted by atomic mass is 19.1. The van der Waals surface area contributed by atoms with Gasteiger partial charge in [-0.05, 0) is 54.8 Å². The van der Waals surface area contributed by atoms with E-state index >= 15 is 0 Å². The summed E-state index contributed by atoms with van der Waals surface area (Å²) in [6.45, 7) is 2.96. The minimum Gasteiger partial charge on any atom is -0.497 e. The molecular formula is C27H24FNO6. The molecule has 3 aromatic rings. The zero-order valence-electron chi connectivity index (χ0n) is 19.4. The minimum absolute atomic E-state index is 0.0764. The van der Waals surface area contributed by atoms with Crippen molar-refractivity contribution in [1.29, 1.82) is 0 Å². The number of aromatic nitrogens is 1. The van der Waals surface area contributed by atoms with Gasteiger partial charge in [0, 0.05) is 6.20 Å². The van der Waals surface area contributed by atoms with Crippen molar-refractivity contribution in [3.63, 3.8) is 0 Å². The Labute approximate surface area is 202 Å². The van der Waals surface area contributed by atoms with Crippen LogP contribution in [-0.4, -0.2) is 37.9 Å². The summed E-state index contributed by atoms with van der Waals surface area (Å²) in [6, 6.07) is 13.3. The number of esters is 1. The van der Waals surface area contributed by atoms with Crippen LogP contribution >= 0.6 is 0 Å². The quantitative estimate of drug-likeness (QED) is 0.368. The van der Waals surface area contributed by atoms with Gasteiger partial charge in [-0.2, -0.15) is 0 Å². The van der Waals surface area contributed by atoms with Gasteiger partial charge in [0.25, 0.3) is 0 Å². The van der Waals surface area contributed by atoms with Crippen LogP contribution in [0.2, 0.25) is 0 Å². The summed E-state index contributed by atoms with van der Waals surface area (Å²) in [5.74, 6) is 5.76. The second-order valence-electron chi connectivity index (χ2n) is 7.44. The number of hydrogen-bond acceptors (Lipinski definition) is 7. The van der Waals surface area contributed by atoms with Gasteiger partial charge in [0.1, 0.15) is 29.6 Å². The number of carbonyl (C=O) groups excluding carboxylic acids is 1. The van der Waals surface area contributed by atoms with Crippen LogP contribution in [0.25, 0.3) is 0 Å². The van der Waals surface area contributed by atoms with Gasteiger partial charge >= 0.3 is 5.97 Å². The van der Waals surface area contributed by atoms with Gasteiger partial charge in [-0.1, -0.05) is 18.1 Å². The SMILES string of the molecule is CCOC(=O)c1ccnc(C#Cc2c(F)ccc(OCc3ccc(OC)cc3)c2C2OCCO2)c1. The smallest absolute Gasteiger partial charge is 0.338 e. The van der Waals surface area contributed by atoms with Crippen LogP contribution in [-0.2, 0) is 20.8 Å². The molecule has 7 nitrogen and oxygen atoms in total. The van der Waals surface area contributed by atoms with Crippen molar-refractivity contribution >= 4 is 5.97 Å². The number of pyridine rings is 1. The Kier molecular flexibility index (Phi) is 7.93. The zero-order chi connectivity index (χ0) is 24.6. The molecule has 1 aromatic heterocycles. The molecule has 2 heterocycles. The minimum atomic E-state index is -0.820. The molecule has 0 bridgehead atoms. The van der Waals surface area contributed by atoms with Crippen LogP contribution in [0, 0.1) is 17.7 Å². The molecule has 0 N–H and O–H groups in total. The third kappa shape index (κ3) is 5.96. The molecule has 2 aromatic carbocycles. The van der Waals surface area contributed by atoms with Crippen molar-refractivity contribution in [2.45, 2.75) is 19.8 Å². The number of methoxy groups -OCH3 is 1. The van der Waals surface area contributed by atoms with E-state index in [0.29, 0.717) is 35.8 Å². The average Bonchev–Trinajstić information content (AvgIpc) is 3.42. The maximum atomic E-state index is 15.0. The monoisotopic (exact) mass is 477 g/mol. The molecule has 4 rings (SSSR count). The van der Waals surface area contributed by atoms with Gasteiger partial charge in [0.2, 0.25) is 0 Å². The fraction of sp³-hybridized carbons (Fsp3) is 0.259. The van der Waals surface area contributed by atoms with Crippen LogP contribution in [0.1, 0.15) is 46.0 Å². The van der Waals surface area contributed by atoms with E-state index in [1.165, 1.54) is 30.5 Å². The van der Waals surface area contributed by atoms with E-state index in [2.05, 4.69) is 16.8 Å². The maximum absolute atomic E-state index is 15.0. The molecule has 0 spiro atoms. The molecule has 1 saturated heterocycles. The van der Waals surface area contributed by atoms with Crippen molar-refractivity contribution < 1.29 is 32.9 Å². The number of carbonyl (C=O) groups is 1. The molecule has 180 valence electrons. The molecule has 1 aliphatic rings. The van der Waals surface area contributed by atoms with Crippen LogP contribution in [0.4, 0.5) is 4.39 Å². The lowest BCUT2D eigenvalue weighted by Crippen LogP contribution is -2.08. The third-order valence-corrected chi connectivity index (χ3v) is 5.15. The van der Waals surface area contributed by atoms with E-state index in [1.54, 1.807) is 14.0 Å². The highest BCUT2D eigenvalue weighted by molar-refractivity contribution is 5.89. The molecule has 0 saturated carbocycles. The van der Waals surface area contributed by atoms with Gasteiger partial charge in [-0.3, -0.25) is 0 Å². The summed E-state index contributed by atoms with van der Waals surface area (Å²) in [6.07, 6.45) is 0.630. The first-order valence-corrected chi connectivity index (χ1v) is 11.1. The highest BCUT2D eigenvalue weighted by Gasteiger charge is 2.27. The topological polar surface area (TPSA) is 76.1 Å². The van der Waals surface area contributed by atoms with Crippen molar-refractivity contribution in [2.75, 3.05) is 26.9 Å². The molecule has 1 fully saturated rings. The van der Waals surface area contributed by atoms with E-state index < -0.39 is 18.1 Å². The van der Waals surface area contributed by atoms with Crippen LogP contribution in [0.3, 0.4) is 0 Å². The van der Waals surface area contributed by atoms with Crippen molar-refractivity contribution in [3.05, 3.63) is 88.5 Å². The predicted octanol–water partition coefficient (Wildman–Crippen LogP) is 4.43. The summed E-state index contributed by atoms with van der Waals surface area (Å²) < 4.78 is 42.5. The van der Waals surface area contributed by atoms with Crippen LogP contribution in [0.15, 0.2) is 54.7 Å². The lowest BCUT2D eigenvalue weighted by molar-refractivity contribution is -0.0462. The zero-order valence-corrected chi connectivity index (χ0v) is 19.4. The van der Waals surface area contributed by atoms with Gasteiger partial charge in [-0.15, -0.1) is 0 Å². The average molecular weight is 477 g/mol. The summed E-state index contributed by atoms with van der Waals surface area (Å²) in [7, 11) is 1.60. The van der Waals surface area contributed by atoms with E-state index in [0.717, 1.165) is 11.3 Å². The number of benzene rings is 2. The molecule has 0 atom stereocenters. The fourth-order valence-corrected chi connectivity index (χ4v) is 3.44. The Balaban J connectivity index is 1.65. The van der Waals surface area contributed by atoms with Gasteiger partial charge in [0.05, 0.1) is 43.6 Å². The number of halogens is 1. The lowest BCUT2D eigenvalue weighted by Gasteiger charge is -2.18. The van der Waals surface area contributed by atoms with Crippen LogP contribution < -0.4 is 9.47 Å². The second kappa shape index (κ2) is 11.5. The Morgan fingerprint density at radius 1 is 1.11 bits per heavy atom. The number of rotatable bonds is 7. The number of nitrogens with zero attached hydrogens (tertiary/aromatic N) is 1. The first-order chi connectivity index (χ1) is 17.1. The Hall–Kier alpha value is -3.93. The number of ether oxygens (including phenoxy) is 5. The molecule has 1 aliphatic heterocycles. The lowest BCUT2D eigenvalue weighted by atomic mass is 10.0. The molecule has 0 unspecified atom stereocenters. The normalized spacial score (nSPS) is 13.1. The fourth-order valence-electron chi connectivity index (χ4n) is 3.44. The predicted molar refractivity (Wildman–Crippen MR) is 125 cm³/mol. The summed E-state index contributed by atoms with van der Waals surface area (Å²) >= 11 is 0. The molecule has 0 aliphatic carbocycles. The number of hydrogen-bond donors (Lipinski definition) is 0. The van der Waals surface area contributed by atoms with Crippen molar-refractivity contribution in [2.24, 2.45) is 0 Å². The van der Waals surface area contributed by atoms with Gasteiger partial charge in [-0.25, -0.2) is 14.2 Å². The van der Waals surface area contributed by atoms with Gasteiger partial charge in [0.15, 0.2) is 6.29 Å². The van der Waals surface area contributed by atoms with Gasteiger partial charge < -0.3 is 23.7 Å². The summed E-state index contributed by atoms with van der Waals surface area (Å²) in [5.41, 5.74) is 1.95. The van der Waals surface area contributed by atoms with E-state index in [4.69, 9.17) is 23.7 Å². The molecule has 8 heteroatoms. The summed E-state index contributed by atoms with van der Waals surface area (Å²) in [5, 5.41) is 0. The highest BCUT2D eigenvalue weighted by Crippen LogP contribution is 2.36. The Bertz CT molecular complexity index is 1240. The first kappa shape index (κ1) is 24.2. The Morgan fingerprint density at radius 2 is 1.89 bits per heavy atom. The summed E-state index contributed by atoms with van der Waals surface area (Å²) in [4.78, 5) is 16.2. The van der Waals surface area contributed by atoms with E-state index in [-0.39, 0.29) is 18.8 Å². The van der Waals surface area contributed by atoms with Crippen molar-refractivity contribution in [3.8, 4) is 23.3 Å². The van der Waals surface area contributed by atoms with E-state index in [9.17, 15) is 9.18 Å². The third-order valence-electron chi connectivity index (χ3n) is 5.15. The molecule has 0 radical (unpaired) electrons. The maximum Gasteiger partial charge on any atom is 0.338 e. The van der Waals surface area contributed by atoms with E-state index in [1.807, 2.05) is 24.3 Å². The Morgan fingerprint density at radius 3 is 2.60 bits per heavy atom. The largest absolute Gasteiger partial charge is 0.497 e. The van der Waals surface area contributed by atoms with Crippen molar-refractivity contribution in [1.82, 2.24) is 4.98 Å². The molecule has 0 amide bonds. The molecule has 35 heavy (non-hydrogen) atoms. The first-order valence-electron chi connectivity index (χ1n) is 11.1.